The molecule has 1 saturated carbocycles. The molecule has 1 N–H and O–H groups in total. The fourth-order valence-corrected chi connectivity index (χ4v) is 7.73. The lowest BCUT2D eigenvalue weighted by Crippen LogP contribution is -2.53. The van der Waals surface area contributed by atoms with Gasteiger partial charge in [-0.05, 0) is 76.5 Å². The molecule has 12 heteroatoms. The maximum absolute atomic E-state index is 13.6. The number of piperidine rings is 1. The van der Waals surface area contributed by atoms with Crippen LogP contribution in [0.25, 0.3) is 0 Å². The molecule has 2 fully saturated rings. The lowest BCUT2D eigenvalue weighted by Gasteiger charge is -2.30. The van der Waals surface area contributed by atoms with E-state index in [2.05, 4.69) is 21.8 Å². The second-order valence-corrected chi connectivity index (χ2v) is 13.1. The van der Waals surface area contributed by atoms with Crippen LogP contribution in [0.4, 0.5) is 4.79 Å². The Kier molecular flexibility index (Phi) is 5.98. The highest BCUT2D eigenvalue weighted by Crippen LogP contribution is 2.42. The van der Waals surface area contributed by atoms with Crippen LogP contribution in [0.15, 0.2) is 22.7 Å². The van der Waals surface area contributed by atoms with Gasteiger partial charge in [-0.3, -0.25) is 4.68 Å². The fraction of sp³-hybridized carbons (Fsp3) is 0.636. The van der Waals surface area contributed by atoms with Gasteiger partial charge in [-0.25, -0.2) is 17.9 Å². The van der Waals surface area contributed by atoms with Crippen molar-refractivity contribution in [3.05, 3.63) is 28.3 Å². The number of rotatable bonds is 7. The van der Waals surface area contributed by atoms with Crippen molar-refractivity contribution in [2.24, 2.45) is 18.9 Å². The summed E-state index contributed by atoms with van der Waals surface area (Å²) in [5.74, 6) is -0.866. The Labute approximate surface area is 204 Å². The molecule has 0 spiro atoms. The molecule has 3 amide bonds. The Hall–Kier alpha value is -2.02. The van der Waals surface area contributed by atoms with Crippen molar-refractivity contribution in [1.82, 2.24) is 24.3 Å². The summed E-state index contributed by atoms with van der Waals surface area (Å²) >= 11 is 1.05. The number of carbonyl (C=O) groups excluding carboxylic acids is 2. The number of hydrogen-bond donors (Lipinski definition) is 1. The molecule has 1 aromatic heterocycles. The van der Waals surface area contributed by atoms with E-state index < -0.39 is 21.5 Å². The first-order valence-corrected chi connectivity index (χ1v) is 13.9. The quantitative estimate of drug-likeness (QED) is 0.555. The summed E-state index contributed by atoms with van der Waals surface area (Å²) in [7, 11) is 0.0995. The zero-order chi connectivity index (χ0) is 24.3. The predicted octanol–water partition coefficient (Wildman–Crippen LogP) is 1.31. The summed E-state index contributed by atoms with van der Waals surface area (Å²) in [5, 5.41) is 4.65. The number of nitrogens with one attached hydrogen (secondary N) is 1. The lowest BCUT2D eigenvalue weighted by atomic mass is 9.96. The second-order valence-electron chi connectivity index (χ2n) is 10.2. The van der Waals surface area contributed by atoms with Crippen molar-refractivity contribution >= 4 is 38.8 Å². The number of imide groups is 1. The zero-order valence-corrected chi connectivity index (χ0v) is 21.4. The number of likely N-dealkylation sites (tertiary alicyclic amines) is 1. The van der Waals surface area contributed by atoms with Gasteiger partial charge in [0.25, 0.3) is 0 Å². The van der Waals surface area contributed by atoms with Gasteiger partial charge in [0.2, 0.25) is 10.0 Å². The second kappa shape index (κ2) is 8.58. The number of aromatic nitrogens is 2. The van der Waals surface area contributed by atoms with Gasteiger partial charge < -0.3 is 4.90 Å². The fourth-order valence-electron chi connectivity index (χ4n) is 4.67. The molecule has 10 nitrogen and oxygen atoms in total. The third-order valence-electron chi connectivity index (χ3n) is 7.06. The first-order chi connectivity index (χ1) is 16.0. The molecule has 0 radical (unpaired) electrons. The molecule has 1 unspecified atom stereocenters. The highest BCUT2D eigenvalue weighted by Gasteiger charge is 2.53. The standard InChI is InChI=1S/C22H31N6O4S2/c1-22(6-7-22)24-34(31,32)18-10-17-19(29)27(14-16-11-23-26(3)12-16)21(30)28(20(17)33-18)13-15-4-8-25(2)9-5-15/h10-12,15,17,24H,4-9,13-14H2,1-3H3/q+1. The summed E-state index contributed by atoms with van der Waals surface area (Å²) < 4.78 is 32.3. The van der Waals surface area contributed by atoms with Crippen LogP contribution >= 0.6 is 11.8 Å². The first-order valence-electron chi connectivity index (χ1n) is 11.6. The smallest absolute Gasteiger partial charge is 0.306 e. The maximum Gasteiger partial charge on any atom is 0.501 e. The molecule has 4 heterocycles. The van der Waals surface area contributed by atoms with E-state index in [1.165, 1.54) is 11.0 Å². The van der Waals surface area contributed by atoms with Crippen LogP contribution in [0.5, 0.6) is 0 Å². The molecule has 1 aromatic rings. The summed E-state index contributed by atoms with van der Waals surface area (Å²) in [5.41, 5.74) is 0.330. The van der Waals surface area contributed by atoms with Crippen molar-refractivity contribution in [3.8, 4) is 0 Å². The Morgan fingerprint density at radius 1 is 1.24 bits per heavy atom. The van der Waals surface area contributed by atoms with E-state index in [0.717, 1.165) is 56.1 Å². The van der Waals surface area contributed by atoms with Crippen molar-refractivity contribution in [1.29, 1.82) is 0 Å². The molecule has 4 aliphatic rings. The Morgan fingerprint density at radius 3 is 2.56 bits per heavy atom. The van der Waals surface area contributed by atoms with E-state index in [4.69, 9.17) is 0 Å². The monoisotopic (exact) mass is 507 g/mol. The van der Waals surface area contributed by atoms with Gasteiger partial charge in [-0.2, -0.15) is 19.4 Å². The van der Waals surface area contributed by atoms with E-state index >= 15 is 0 Å². The molecule has 184 valence electrons. The number of nitrogens with zero attached hydrogens (tertiary/aromatic N) is 5. The minimum atomic E-state index is -3.77. The van der Waals surface area contributed by atoms with E-state index in [-0.39, 0.29) is 22.7 Å². The summed E-state index contributed by atoms with van der Waals surface area (Å²) in [6, 6.07) is -0.388. The third-order valence-corrected chi connectivity index (χ3v) is 10.4. The Morgan fingerprint density at radius 2 is 1.94 bits per heavy atom. The first kappa shape index (κ1) is 23.7. The van der Waals surface area contributed by atoms with Gasteiger partial charge in [0.15, 0.2) is 5.04 Å². The Balaban J connectivity index is 1.47. The molecule has 1 aliphatic carbocycles. The SMILES string of the molecule is CN1CCC(C[N+]2=C3SC(S(=O)(=O)NC4(C)CC4)=CC3C(=O)N(Cc3cnn(C)c3)C2=O)CC1. The minimum Gasteiger partial charge on any atom is -0.306 e. The van der Waals surface area contributed by atoms with Crippen molar-refractivity contribution in [2.45, 2.75) is 44.7 Å². The van der Waals surface area contributed by atoms with Gasteiger partial charge in [-0.15, -0.1) is 0 Å². The number of hydrogen-bond acceptors (Lipinski definition) is 7. The average Bonchev–Trinajstić information content (AvgIpc) is 3.14. The van der Waals surface area contributed by atoms with Crippen LogP contribution in [-0.2, 0) is 28.4 Å². The van der Waals surface area contributed by atoms with Crippen LogP contribution in [0.3, 0.4) is 0 Å². The van der Waals surface area contributed by atoms with Crippen LogP contribution in [0.2, 0.25) is 0 Å². The molecule has 1 atom stereocenters. The minimum absolute atomic E-state index is 0.107. The molecular formula is C22H31N6O4S2+. The molecular weight excluding hydrogens is 476 g/mol. The van der Waals surface area contributed by atoms with Gasteiger partial charge in [0.05, 0.1) is 12.7 Å². The normalized spacial score (nSPS) is 25.7. The summed E-state index contributed by atoms with van der Waals surface area (Å²) in [4.78, 5) is 30.5. The molecule has 0 bridgehead atoms. The lowest BCUT2D eigenvalue weighted by molar-refractivity contribution is -0.447. The largest absolute Gasteiger partial charge is 0.501 e. The topological polar surface area (TPSA) is 108 Å². The number of aryl methyl sites for hydroxylation is 1. The number of sulfonamides is 1. The third kappa shape index (κ3) is 4.60. The average molecular weight is 508 g/mol. The maximum atomic E-state index is 13.6. The molecule has 3 aliphatic heterocycles. The molecule has 34 heavy (non-hydrogen) atoms. The number of thioether (sulfide) groups is 1. The molecule has 5 rings (SSSR count). The van der Waals surface area contributed by atoms with Crippen LogP contribution in [-0.4, -0.2) is 81.8 Å². The number of fused-ring (bicyclic) bond motifs is 1. The van der Waals surface area contributed by atoms with E-state index in [0.29, 0.717) is 17.5 Å². The van der Waals surface area contributed by atoms with Gasteiger partial charge in [-0.1, -0.05) is 0 Å². The van der Waals surface area contributed by atoms with Gasteiger partial charge >= 0.3 is 11.9 Å². The van der Waals surface area contributed by atoms with Crippen molar-refractivity contribution in [3.63, 3.8) is 0 Å². The van der Waals surface area contributed by atoms with Gasteiger partial charge in [0.1, 0.15) is 16.7 Å². The van der Waals surface area contributed by atoms with Crippen molar-refractivity contribution in [2.75, 3.05) is 26.7 Å². The Bertz CT molecular complexity index is 1190. The van der Waals surface area contributed by atoms with Gasteiger partial charge in [0, 0.05) is 24.3 Å². The molecule has 0 aromatic carbocycles. The summed E-state index contributed by atoms with van der Waals surface area (Å²) in [6.07, 6.45) is 8.43. The molecule has 1 saturated heterocycles. The predicted molar refractivity (Wildman–Crippen MR) is 128 cm³/mol. The van der Waals surface area contributed by atoms with Crippen LogP contribution < -0.4 is 4.72 Å². The van der Waals surface area contributed by atoms with E-state index in [1.54, 1.807) is 28.7 Å². The number of amides is 3. The van der Waals surface area contributed by atoms with Crippen molar-refractivity contribution < 1.29 is 22.6 Å². The number of carbonyl (C=O) groups is 2. The highest BCUT2D eigenvalue weighted by molar-refractivity contribution is 8.27. The zero-order valence-electron chi connectivity index (χ0n) is 19.7. The van der Waals surface area contributed by atoms with E-state index in [9.17, 15) is 18.0 Å². The van der Waals surface area contributed by atoms with E-state index in [1.807, 2.05) is 6.92 Å². The highest BCUT2D eigenvalue weighted by atomic mass is 32.3. The summed E-state index contributed by atoms with van der Waals surface area (Å²) in [6.45, 7) is 4.38. The number of urea groups is 1. The van der Waals surface area contributed by atoms with Crippen LogP contribution in [0.1, 0.15) is 38.2 Å². The van der Waals surface area contributed by atoms with Crippen LogP contribution in [0, 0.1) is 11.8 Å².